The van der Waals surface area contributed by atoms with Gasteiger partial charge in [0, 0.05) is 17.5 Å². The largest absolute Gasteiger partial charge is 0.338 e. The summed E-state index contributed by atoms with van der Waals surface area (Å²) in [4.78, 5) is 15.2. The Morgan fingerprint density at radius 2 is 2.35 bits per heavy atom. The fourth-order valence-corrected chi connectivity index (χ4v) is 3.26. The SMILES string of the molecule is CCN(CC(=O)Nc1cc(C)no1)Cc1ccc(Br)s1. The van der Waals surface area contributed by atoms with E-state index in [4.69, 9.17) is 4.52 Å². The zero-order valence-electron chi connectivity index (χ0n) is 11.4. The molecule has 2 aromatic rings. The fraction of sp³-hybridized carbons (Fsp3) is 0.385. The van der Waals surface area contributed by atoms with E-state index in [-0.39, 0.29) is 5.91 Å². The van der Waals surface area contributed by atoms with Crippen LogP contribution in [0.25, 0.3) is 0 Å². The standard InChI is InChI=1S/C13H16BrN3O2S/c1-3-17(7-10-4-5-11(14)20-10)8-12(18)15-13-6-9(2)16-19-13/h4-6H,3,7-8H2,1-2H3,(H,15,18). The summed E-state index contributed by atoms with van der Waals surface area (Å²) in [7, 11) is 0. The molecule has 0 aromatic carbocycles. The third-order valence-corrected chi connectivity index (χ3v) is 4.32. The van der Waals surface area contributed by atoms with E-state index in [9.17, 15) is 4.79 Å². The number of nitrogens with one attached hydrogen (secondary N) is 1. The van der Waals surface area contributed by atoms with Gasteiger partial charge in [0.25, 0.3) is 0 Å². The molecule has 0 aliphatic rings. The van der Waals surface area contributed by atoms with Crippen molar-refractivity contribution in [2.45, 2.75) is 20.4 Å². The van der Waals surface area contributed by atoms with Gasteiger partial charge in [0.05, 0.1) is 16.0 Å². The molecule has 7 heteroatoms. The van der Waals surface area contributed by atoms with E-state index in [1.165, 1.54) is 4.88 Å². The van der Waals surface area contributed by atoms with Gasteiger partial charge in [-0.2, -0.15) is 0 Å². The molecule has 0 aliphatic heterocycles. The lowest BCUT2D eigenvalue weighted by molar-refractivity contribution is -0.117. The summed E-state index contributed by atoms with van der Waals surface area (Å²) in [5, 5.41) is 6.44. The Morgan fingerprint density at radius 3 is 2.90 bits per heavy atom. The summed E-state index contributed by atoms with van der Waals surface area (Å²) in [5.74, 6) is 0.293. The number of likely N-dealkylation sites (N-methyl/N-ethyl adjacent to an activating group) is 1. The number of thiophene rings is 1. The molecule has 0 spiro atoms. The molecular formula is C13H16BrN3O2S. The fourth-order valence-electron chi connectivity index (χ4n) is 1.74. The predicted octanol–water partition coefficient (Wildman–Crippen LogP) is 3.27. The van der Waals surface area contributed by atoms with Crippen molar-refractivity contribution in [3.63, 3.8) is 0 Å². The van der Waals surface area contributed by atoms with E-state index >= 15 is 0 Å². The second-order valence-corrected chi connectivity index (χ2v) is 6.94. The number of hydrogen-bond donors (Lipinski definition) is 1. The van der Waals surface area contributed by atoms with Crippen molar-refractivity contribution in [1.82, 2.24) is 10.1 Å². The predicted molar refractivity (Wildman–Crippen MR) is 82.8 cm³/mol. The summed E-state index contributed by atoms with van der Waals surface area (Å²) >= 11 is 5.12. The number of aryl methyl sites for hydroxylation is 1. The van der Waals surface area contributed by atoms with Crippen molar-refractivity contribution in [3.8, 4) is 0 Å². The maximum Gasteiger partial charge on any atom is 0.240 e. The quantitative estimate of drug-likeness (QED) is 0.861. The smallest absolute Gasteiger partial charge is 0.240 e. The maximum absolute atomic E-state index is 11.9. The normalized spacial score (nSPS) is 11.0. The van der Waals surface area contributed by atoms with E-state index in [1.54, 1.807) is 17.4 Å². The van der Waals surface area contributed by atoms with Crippen molar-refractivity contribution in [1.29, 1.82) is 0 Å². The van der Waals surface area contributed by atoms with Gasteiger partial charge in [-0.05, 0) is 41.5 Å². The van der Waals surface area contributed by atoms with Crippen LogP contribution in [0.15, 0.2) is 26.5 Å². The molecule has 2 heterocycles. The van der Waals surface area contributed by atoms with Gasteiger partial charge in [0.2, 0.25) is 11.8 Å². The molecule has 5 nitrogen and oxygen atoms in total. The molecule has 20 heavy (non-hydrogen) atoms. The van der Waals surface area contributed by atoms with Crippen LogP contribution in [-0.4, -0.2) is 29.1 Å². The van der Waals surface area contributed by atoms with Crippen LogP contribution in [0.2, 0.25) is 0 Å². The number of nitrogens with zero attached hydrogens (tertiary/aromatic N) is 2. The highest BCUT2D eigenvalue weighted by molar-refractivity contribution is 9.11. The second-order valence-electron chi connectivity index (χ2n) is 4.39. The topological polar surface area (TPSA) is 58.4 Å². The average molecular weight is 358 g/mol. The van der Waals surface area contributed by atoms with E-state index in [1.807, 2.05) is 19.9 Å². The molecule has 108 valence electrons. The first-order chi connectivity index (χ1) is 9.56. The molecule has 1 amide bonds. The summed E-state index contributed by atoms with van der Waals surface area (Å²) in [5.41, 5.74) is 0.746. The van der Waals surface area contributed by atoms with Crippen molar-refractivity contribution in [2.75, 3.05) is 18.4 Å². The number of carbonyl (C=O) groups is 1. The number of rotatable bonds is 6. The van der Waals surface area contributed by atoms with Crippen LogP contribution in [0.1, 0.15) is 17.5 Å². The van der Waals surface area contributed by atoms with Gasteiger partial charge >= 0.3 is 0 Å². The van der Waals surface area contributed by atoms with Gasteiger partial charge in [-0.1, -0.05) is 12.1 Å². The molecular weight excluding hydrogens is 342 g/mol. The minimum atomic E-state index is -0.0985. The Hall–Kier alpha value is -1.18. The van der Waals surface area contributed by atoms with E-state index < -0.39 is 0 Å². The molecule has 1 N–H and O–H groups in total. The molecule has 0 unspecified atom stereocenters. The molecule has 0 saturated carbocycles. The van der Waals surface area contributed by atoms with Gasteiger partial charge < -0.3 is 4.52 Å². The zero-order chi connectivity index (χ0) is 14.5. The third-order valence-electron chi connectivity index (χ3n) is 2.71. The Labute approximate surface area is 130 Å². The van der Waals surface area contributed by atoms with Crippen LogP contribution in [-0.2, 0) is 11.3 Å². The highest BCUT2D eigenvalue weighted by atomic mass is 79.9. The van der Waals surface area contributed by atoms with E-state index in [2.05, 4.69) is 37.4 Å². The van der Waals surface area contributed by atoms with Crippen LogP contribution in [0.5, 0.6) is 0 Å². The van der Waals surface area contributed by atoms with E-state index in [0.29, 0.717) is 12.4 Å². The van der Waals surface area contributed by atoms with Gasteiger partial charge in [-0.15, -0.1) is 11.3 Å². The zero-order valence-corrected chi connectivity index (χ0v) is 13.8. The summed E-state index contributed by atoms with van der Waals surface area (Å²) in [6, 6.07) is 5.78. The Bertz CT molecular complexity index is 582. The molecule has 2 aromatic heterocycles. The number of aromatic nitrogens is 1. The first-order valence-electron chi connectivity index (χ1n) is 6.26. The Kier molecular flexibility index (Phi) is 5.33. The highest BCUT2D eigenvalue weighted by Crippen LogP contribution is 2.23. The number of amides is 1. The molecule has 0 radical (unpaired) electrons. The minimum absolute atomic E-state index is 0.0985. The minimum Gasteiger partial charge on any atom is -0.338 e. The van der Waals surface area contributed by atoms with Crippen LogP contribution in [0.3, 0.4) is 0 Å². The number of anilines is 1. The van der Waals surface area contributed by atoms with Gasteiger partial charge in [-0.3, -0.25) is 15.0 Å². The average Bonchev–Trinajstić information content (AvgIpc) is 2.97. The van der Waals surface area contributed by atoms with Crippen LogP contribution < -0.4 is 5.32 Å². The molecule has 0 fully saturated rings. The summed E-state index contributed by atoms with van der Waals surface area (Å²) in [6.07, 6.45) is 0. The van der Waals surface area contributed by atoms with Crippen LogP contribution in [0, 0.1) is 6.92 Å². The molecule has 2 rings (SSSR count). The van der Waals surface area contributed by atoms with Gasteiger partial charge in [-0.25, -0.2) is 0 Å². The molecule has 0 atom stereocenters. The molecule has 0 saturated heterocycles. The summed E-state index contributed by atoms with van der Waals surface area (Å²) < 4.78 is 6.07. The monoisotopic (exact) mass is 357 g/mol. The number of halogens is 1. The van der Waals surface area contributed by atoms with E-state index in [0.717, 1.165) is 22.6 Å². The summed E-state index contributed by atoms with van der Waals surface area (Å²) in [6.45, 7) is 5.74. The second kappa shape index (κ2) is 7.01. The van der Waals surface area contributed by atoms with Crippen LogP contribution in [0.4, 0.5) is 5.88 Å². The van der Waals surface area contributed by atoms with Crippen LogP contribution >= 0.6 is 27.3 Å². The lowest BCUT2D eigenvalue weighted by atomic mass is 10.4. The molecule has 0 aliphatic carbocycles. The van der Waals surface area contributed by atoms with Crippen molar-refractivity contribution in [2.24, 2.45) is 0 Å². The number of carbonyl (C=O) groups excluding carboxylic acids is 1. The molecule has 0 bridgehead atoms. The number of hydrogen-bond acceptors (Lipinski definition) is 5. The third kappa shape index (κ3) is 4.43. The maximum atomic E-state index is 11.9. The Morgan fingerprint density at radius 1 is 1.55 bits per heavy atom. The van der Waals surface area contributed by atoms with Crippen molar-refractivity contribution >= 4 is 39.1 Å². The van der Waals surface area contributed by atoms with Gasteiger partial charge in [0.1, 0.15) is 0 Å². The lowest BCUT2D eigenvalue weighted by Gasteiger charge is -2.18. The first kappa shape index (κ1) is 15.2. The lowest BCUT2D eigenvalue weighted by Crippen LogP contribution is -2.32. The van der Waals surface area contributed by atoms with Gasteiger partial charge in [0.15, 0.2) is 0 Å². The highest BCUT2D eigenvalue weighted by Gasteiger charge is 2.12. The first-order valence-corrected chi connectivity index (χ1v) is 7.87. The van der Waals surface area contributed by atoms with Crippen molar-refractivity contribution < 1.29 is 9.32 Å². The Balaban J connectivity index is 1.87. The van der Waals surface area contributed by atoms with Crippen molar-refractivity contribution in [3.05, 3.63) is 32.6 Å².